The van der Waals surface area contributed by atoms with Crippen molar-refractivity contribution in [3.63, 3.8) is 0 Å². The Bertz CT molecular complexity index is 690. The summed E-state index contributed by atoms with van der Waals surface area (Å²) in [5, 5.41) is 0.992. The Hall–Kier alpha value is -2.25. The number of carbonyl (C=O) groups excluding carboxylic acids is 1. The molecule has 0 aliphatic carbocycles. The fraction of sp³-hybridized carbons (Fsp3) is 0.353. The van der Waals surface area contributed by atoms with Gasteiger partial charge in [0.2, 0.25) is 0 Å². The van der Waals surface area contributed by atoms with Crippen LogP contribution in [0.4, 0.5) is 0 Å². The number of rotatable bonds is 3. The lowest BCUT2D eigenvalue weighted by molar-refractivity contribution is 0.0304. The maximum atomic E-state index is 12.7. The zero-order valence-electron chi connectivity index (χ0n) is 11.9. The summed E-state index contributed by atoms with van der Waals surface area (Å²) < 4.78 is 7.38. The van der Waals surface area contributed by atoms with E-state index in [1.165, 1.54) is 0 Å². The van der Waals surface area contributed by atoms with Crippen molar-refractivity contribution in [1.82, 2.24) is 9.47 Å². The van der Waals surface area contributed by atoms with Crippen LogP contribution in [0.25, 0.3) is 10.9 Å². The number of para-hydroxylation sites is 1. The predicted octanol–water partition coefficient (Wildman–Crippen LogP) is 2.14. The number of amides is 1. The summed E-state index contributed by atoms with van der Waals surface area (Å²) in [5.41, 5.74) is 1.81. The summed E-state index contributed by atoms with van der Waals surface area (Å²) in [7, 11) is 0. The topological polar surface area (TPSA) is 34.5 Å². The number of carbonyl (C=O) groups is 1. The highest BCUT2D eigenvalue weighted by Gasteiger charge is 2.22. The van der Waals surface area contributed by atoms with Crippen LogP contribution in [0.3, 0.4) is 0 Å². The van der Waals surface area contributed by atoms with Gasteiger partial charge in [0, 0.05) is 43.2 Å². The molecule has 108 valence electrons. The summed E-state index contributed by atoms with van der Waals surface area (Å²) >= 11 is 0. The van der Waals surface area contributed by atoms with Crippen molar-refractivity contribution < 1.29 is 9.53 Å². The number of nitrogens with zero attached hydrogens (tertiary/aromatic N) is 2. The molecule has 1 amide bonds. The number of hydrogen-bond donors (Lipinski definition) is 0. The van der Waals surface area contributed by atoms with Crippen LogP contribution in [0.15, 0.2) is 30.5 Å². The van der Waals surface area contributed by atoms with Crippen LogP contribution in [0.5, 0.6) is 0 Å². The molecule has 0 radical (unpaired) electrons. The maximum Gasteiger partial charge on any atom is 0.256 e. The first-order valence-electron chi connectivity index (χ1n) is 7.19. The number of terminal acetylenes is 1. The molecule has 1 fully saturated rings. The standard InChI is InChI=1S/C17H18N2O2/c1-2-3-8-19-13-15(14-6-4-5-7-16(14)19)17(20)18-9-11-21-12-10-18/h1,4-7,13H,3,8-12H2. The van der Waals surface area contributed by atoms with Crippen molar-refractivity contribution in [3.8, 4) is 12.3 Å². The number of aryl methyl sites for hydroxylation is 1. The molecule has 1 aliphatic rings. The lowest BCUT2D eigenvalue weighted by Gasteiger charge is -2.26. The average molecular weight is 282 g/mol. The van der Waals surface area contributed by atoms with Crippen LogP contribution in [-0.4, -0.2) is 41.7 Å². The first-order valence-corrected chi connectivity index (χ1v) is 7.19. The molecular formula is C17H18N2O2. The molecule has 1 aromatic carbocycles. The summed E-state index contributed by atoms with van der Waals surface area (Å²) in [4.78, 5) is 14.6. The van der Waals surface area contributed by atoms with E-state index in [0.717, 1.165) is 23.0 Å². The smallest absolute Gasteiger partial charge is 0.256 e. The third kappa shape index (κ3) is 2.65. The molecule has 1 aliphatic heterocycles. The molecule has 3 rings (SSSR count). The molecule has 0 N–H and O–H groups in total. The van der Waals surface area contributed by atoms with Crippen molar-refractivity contribution in [2.24, 2.45) is 0 Å². The summed E-state index contributed by atoms with van der Waals surface area (Å²) in [6.07, 6.45) is 7.94. The third-order valence-electron chi connectivity index (χ3n) is 3.81. The SMILES string of the molecule is C#CCCn1cc(C(=O)N2CCOCC2)c2ccccc21. The molecule has 1 saturated heterocycles. The number of hydrogen-bond acceptors (Lipinski definition) is 2. The maximum absolute atomic E-state index is 12.7. The van der Waals surface area contributed by atoms with Gasteiger partial charge in [0.05, 0.1) is 18.8 Å². The monoisotopic (exact) mass is 282 g/mol. The van der Waals surface area contributed by atoms with E-state index in [4.69, 9.17) is 11.2 Å². The van der Waals surface area contributed by atoms with Crippen LogP contribution < -0.4 is 0 Å². The summed E-state index contributed by atoms with van der Waals surface area (Å²) in [6.45, 7) is 3.27. The molecule has 0 unspecified atom stereocenters. The molecule has 2 aromatic rings. The van der Waals surface area contributed by atoms with Gasteiger partial charge in [-0.2, -0.15) is 0 Å². The lowest BCUT2D eigenvalue weighted by atomic mass is 10.1. The Kier molecular flexibility index (Phi) is 3.94. The highest BCUT2D eigenvalue weighted by Crippen LogP contribution is 2.23. The highest BCUT2D eigenvalue weighted by atomic mass is 16.5. The minimum Gasteiger partial charge on any atom is -0.378 e. The van der Waals surface area contributed by atoms with Crippen molar-refractivity contribution in [2.45, 2.75) is 13.0 Å². The Labute approximate surface area is 124 Å². The Morgan fingerprint density at radius 3 is 2.81 bits per heavy atom. The number of fused-ring (bicyclic) bond motifs is 1. The molecule has 4 nitrogen and oxygen atoms in total. The second-order valence-electron chi connectivity index (χ2n) is 5.11. The van der Waals surface area contributed by atoms with Crippen LogP contribution in [0, 0.1) is 12.3 Å². The van der Waals surface area contributed by atoms with Crippen molar-refractivity contribution in [3.05, 3.63) is 36.0 Å². The van der Waals surface area contributed by atoms with E-state index in [9.17, 15) is 4.79 Å². The van der Waals surface area contributed by atoms with Gasteiger partial charge in [-0.1, -0.05) is 18.2 Å². The van der Waals surface area contributed by atoms with Gasteiger partial charge >= 0.3 is 0 Å². The van der Waals surface area contributed by atoms with Gasteiger partial charge in [0.1, 0.15) is 0 Å². The van der Waals surface area contributed by atoms with E-state index < -0.39 is 0 Å². The fourth-order valence-corrected chi connectivity index (χ4v) is 2.72. The van der Waals surface area contributed by atoms with Gasteiger partial charge in [0.15, 0.2) is 0 Å². The average Bonchev–Trinajstić information content (AvgIpc) is 2.92. The lowest BCUT2D eigenvalue weighted by Crippen LogP contribution is -2.40. The fourth-order valence-electron chi connectivity index (χ4n) is 2.72. The van der Waals surface area contributed by atoms with Crippen LogP contribution in [-0.2, 0) is 11.3 Å². The zero-order valence-corrected chi connectivity index (χ0v) is 11.9. The normalized spacial score (nSPS) is 15.1. The Balaban J connectivity index is 1.97. The molecule has 0 saturated carbocycles. The van der Waals surface area contributed by atoms with Gasteiger partial charge in [0.25, 0.3) is 5.91 Å². The molecule has 0 bridgehead atoms. The molecule has 0 atom stereocenters. The van der Waals surface area contributed by atoms with Crippen molar-refractivity contribution >= 4 is 16.8 Å². The van der Waals surface area contributed by atoms with E-state index in [2.05, 4.69) is 10.5 Å². The molecule has 2 heterocycles. The molecular weight excluding hydrogens is 264 g/mol. The minimum absolute atomic E-state index is 0.0777. The van der Waals surface area contributed by atoms with Crippen LogP contribution in [0.1, 0.15) is 16.8 Å². The highest BCUT2D eigenvalue weighted by molar-refractivity contribution is 6.07. The number of morpholine rings is 1. The molecule has 0 spiro atoms. The third-order valence-corrected chi connectivity index (χ3v) is 3.81. The minimum atomic E-state index is 0.0777. The first kappa shape index (κ1) is 13.7. The largest absolute Gasteiger partial charge is 0.378 e. The predicted molar refractivity (Wildman–Crippen MR) is 82.1 cm³/mol. The van der Waals surface area contributed by atoms with E-state index in [1.54, 1.807) is 0 Å². The van der Waals surface area contributed by atoms with Crippen molar-refractivity contribution in [2.75, 3.05) is 26.3 Å². The first-order chi connectivity index (χ1) is 10.3. The Morgan fingerprint density at radius 2 is 2.05 bits per heavy atom. The van der Waals surface area contributed by atoms with Crippen molar-refractivity contribution in [1.29, 1.82) is 0 Å². The Morgan fingerprint density at radius 1 is 1.29 bits per heavy atom. The molecule has 21 heavy (non-hydrogen) atoms. The molecule has 1 aromatic heterocycles. The second-order valence-corrected chi connectivity index (χ2v) is 5.11. The number of benzene rings is 1. The van der Waals surface area contributed by atoms with Crippen LogP contribution >= 0.6 is 0 Å². The van der Waals surface area contributed by atoms with E-state index in [0.29, 0.717) is 32.7 Å². The van der Waals surface area contributed by atoms with Gasteiger partial charge in [-0.3, -0.25) is 4.79 Å². The van der Waals surface area contributed by atoms with E-state index >= 15 is 0 Å². The second kappa shape index (κ2) is 6.02. The van der Waals surface area contributed by atoms with E-state index in [1.807, 2.05) is 35.4 Å². The van der Waals surface area contributed by atoms with Gasteiger partial charge < -0.3 is 14.2 Å². The summed E-state index contributed by atoms with van der Waals surface area (Å²) in [5.74, 6) is 2.73. The zero-order chi connectivity index (χ0) is 14.7. The van der Waals surface area contributed by atoms with Gasteiger partial charge in [-0.15, -0.1) is 12.3 Å². The van der Waals surface area contributed by atoms with E-state index in [-0.39, 0.29) is 5.91 Å². The van der Waals surface area contributed by atoms with Gasteiger partial charge in [-0.05, 0) is 6.07 Å². The summed E-state index contributed by atoms with van der Waals surface area (Å²) in [6, 6.07) is 7.97. The number of aromatic nitrogens is 1. The molecule has 4 heteroatoms. The quantitative estimate of drug-likeness (QED) is 0.808. The van der Waals surface area contributed by atoms with Crippen LogP contribution in [0.2, 0.25) is 0 Å². The number of ether oxygens (including phenoxy) is 1. The van der Waals surface area contributed by atoms with Gasteiger partial charge in [-0.25, -0.2) is 0 Å².